The summed E-state index contributed by atoms with van der Waals surface area (Å²) in [6, 6.07) is 3.59. The molecule has 3 N–H and O–H groups in total. The van der Waals surface area contributed by atoms with E-state index in [1.165, 1.54) is 6.08 Å². The molecule has 0 saturated heterocycles. The minimum Gasteiger partial charge on any atom is -0.465 e. The van der Waals surface area contributed by atoms with Crippen molar-refractivity contribution in [2.75, 3.05) is 6.54 Å². The zero-order valence-corrected chi connectivity index (χ0v) is 8.77. The molecule has 15 heavy (non-hydrogen) atoms. The van der Waals surface area contributed by atoms with Crippen LogP contribution >= 0.6 is 0 Å². The number of hydrogen-bond donors (Lipinski definition) is 2. The number of nitrogens with two attached hydrogens (primary N) is 1. The van der Waals surface area contributed by atoms with Gasteiger partial charge in [-0.25, -0.2) is 0 Å². The van der Waals surface area contributed by atoms with Crippen LogP contribution in [0.2, 0.25) is 0 Å². The molecule has 1 heterocycles. The van der Waals surface area contributed by atoms with Gasteiger partial charge in [0.05, 0.1) is 6.26 Å². The van der Waals surface area contributed by atoms with Crippen LogP contribution in [0.3, 0.4) is 0 Å². The van der Waals surface area contributed by atoms with Crippen molar-refractivity contribution in [3.05, 3.63) is 30.2 Å². The largest absolute Gasteiger partial charge is 0.465 e. The van der Waals surface area contributed by atoms with Crippen molar-refractivity contribution >= 4 is 12.0 Å². The molecule has 1 rings (SSSR count). The van der Waals surface area contributed by atoms with Crippen molar-refractivity contribution in [3.63, 3.8) is 0 Å². The highest BCUT2D eigenvalue weighted by atomic mass is 16.3. The first-order valence-electron chi connectivity index (χ1n) is 4.98. The fourth-order valence-electron chi connectivity index (χ4n) is 1.12. The van der Waals surface area contributed by atoms with Gasteiger partial charge in [0.1, 0.15) is 5.76 Å². The van der Waals surface area contributed by atoms with Crippen molar-refractivity contribution in [2.45, 2.75) is 19.4 Å². The lowest BCUT2D eigenvalue weighted by molar-refractivity contribution is -0.117. The number of amides is 1. The number of rotatable bonds is 5. The third kappa shape index (κ3) is 3.99. The summed E-state index contributed by atoms with van der Waals surface area (Å²) in [5.74, 6) is 0.509. The molecule has 0 aliphatic rings. The van der Waals surface area contributed by atoms with E-state index in [4.69, 9.17) is 10.2 Å². The molecule has 0 spiro atoms. The maximum atomic E-state index is 11.4. The summed E-state index contributed by atoms with van der Waals surface area (Å²) in [4.78, 5) is 11.4. The predicted molar refractivity (Wildman–Crippen MR) is 59.0 cm³/mol. The minimum absolute atomic E-state index is 0.0405. The van der Waals surface area contributed by atoms with Crippen LogP contribution in [0.4, 0.5) is 0 Å². The molecule has 4 heteroatoms. The summed E-state index contributed by atoms with van der Waals surface area (Å²) < 4.78 is 5.05. The van der Waals surface area contributed by atoms with E-state index in [2.05, 4.69) is 5.32 Å². The van der Waals surface area contributed by atoms with Crippen molar-refractivity contribution in [3.8, 4) is 0 Å². The maximum absolute atomic E-state index is 11.4. The Morgan fingerprint density at radius 3 is 3.07 bits per heavy atom. The quantitative estimate of drug-likeness (QED) is 0.713. The smallest absolute Gasteiger partial charge is 0.244 e. The van der Waals surface area contributed by atoms with Crippen LogP contribution in [-0.2, 0) is 4.79 Å². The highest BCUT2D eigenvalue weighted by Gasteiger charge is 2.05. The fraction of sp³-hybridized carbons (Fsp3) is 0.364. The maximum Gasteiger partial charge on any atom is 0.244 e. The highest BCUT2D eigenvalue weighted by molar-refractivity contribution is 5.91. The van der Waals surface area contributed by atoms with Crippen LogP contribution in [0, 0.1) is 0 Å². The number of hydrogen-bond acceptors (Lipinski definition) is 3. The summed E-state index contributed by atoms with van der Waals surface area (Å²) >= 11 is 0. The second kappa shape index (κ2) is 6.03. The lowest BCUT2D eigenvalue weighted by Crippen LogP contribution is -2.38. The van der Waals surface area contributed by atoms with Crippen molar-refractivity contribution < 1.29 is 9.21 Å². The first kappa shape index (κ1) is 11.5. The second-order valence-electron chi connectivity index (χ2n) is 3.20. The van der Waals surface area contributed by atoms with Crippen molar-refractivity contribution in [2.24, 2.45) is 5.73 Å². The molecule has 1 aromatic heterocycles. The van der Waals surface area contributed by atoms with E-state index in [-0.39, 0.29) is 11.9 Å². The van der Waals surface area contributed by atoms with Gasteiger partial charge in [-0.05, 0) is 24.6 Å². The summed E-state index contributed by atoms with van der Waals surface area (Å²) in [6.45, 7) is 2.44. The zero-order chi connectivity index (χ0) is 11.1. The molecular formula is C11H16N2O2. The summed E-state index contributed by atoms with van der Waals surface area (Å²) in [6.07, 6.45) is 5.46. The molecule has 0 aliphatic heterocycles. The first-order chi connectivity index (χ1) is 7.26. The molecule has 1 atom stereocenters. The van der Waals surface area contributed by atoms with Crippen LogP contribution in [-0.4, -0.2) is 18.5 Å². The molecule has 82 valence electrons. The molecular weight excluding hydrogens is 192 g/mol. The van der Waals surface area contributed by atoms with Crippen LogP contribution in [0.25, 0.3) is 6.08 Å². The van der Waals surface area contributed by atoms with Gasteiger partial charge in [-0.1, -0.05) is 6.92 Å². The van der Waals surface area contributed by atoms with Gasteiger partial charge < -0.3 is 15.5 Å². The Hall–Kier alpha value is -1.55. The van der Waals surface area contributed by atoms with Crippen LogP contribution in [0.5, 0.6) is 0 Å². The van der Waals surface area contributed by atoms with Gasteiger partial charge >= 0.3 is 0 Å². The first-order valence-corrected chi connectivity index (χ1v) is 4.98. The summed E-state index contributed by atoms with van der Waals surface area (Å²) in [5, 5.41) is 2.79. The fourth-order valence-corrected chi connectivity index (χ4v) is 1.12. The summed E-state index contributed by atoms with van der Waals surface area (Å²) in [7, 11) is 0. The Labute approximate surface area is 89.1 Å². The lowest BCUT2D eigenvalue weighted by atomic mass is 10.2. The number of carbonyl (C=O) groups is 1. The normalized spacial score (nSPS) is 12.9. The van der Waals surface area contributed by atoms with E-state index in [0.29, 0.717) is 12.3 Å². The molecule has 1 aromatic rings. The molecule has 0 fully saturated rings. The van der Waals surface area contributed by atoms with Crippen molar-refractivity contribution in [1.29, 1.82) is 0 Å². The van der Waals surface area contributed by atoms with Gasteiger partial charge in [0, 0.05) is 18.7 Å². The molecule has 4 nitrogen and oxygen atoms in total. The van der Waals surface area contributed by atoms with Gasteiger partial charge in [-0.2, -0.15) is 0 Å². The standard InChI is InChI=1S/C11H16N2O2/c1-2-9(8-12)13-11(14)6-5-10-4-3-7-15-10/h3-7,9H,2,8,12H2,1H3,(H,13,14). The van der Waals surface area contributed by atoms with Crippen molar-refractivity contribution in [1.82, 2.24) is 5.32 Å². The molecule has 1 amide bonds. The van der Waals surface area contributed by atoms with Gasteiger partial charge in [0.15, 0.2) is 0 Å². The number of nitrogens with one attached hydrogen (secondary N) is 1. The zero-order valence-electron chi connectivity index (χ0n) is 8.77. The van der Waals surface area contributed by atoms with E-state index in [0.717, 1.165) is 6.42 Å². The Morgan fingerprint density at radius 1 is 1.73 bits per heavy atom. The van der Waals surface area contributed by atoms with Crippen LogP contribution < -0.4 is 11.1 Å². The Kier molecular flexibility index (Phi) is 4.63. The predicted octanol–water partition coefficient (Wildman–Crippen LogP) is 1.15. The van der Waals surface area contributed by atoms with E-state index in [1.54, 1.807) is 24.5 Å². The minimum atomic E-state index is -0.149. The van der Waals surface area contributed by atoms with E-state index in [1.807, 2.05) is 6.92 Å². The van der Waals surface area contributed by atoms with Crippen LogP contribution in [0.15, 0.2) is 28.9 Å². The van der Waals surface area contributed by atoms with Gasteiger partial charge in [-0.3, -0.25) is 4.79 Å². The molecule has 0 aromatic carbocycles. The number of carbonyl (C=O) groups excluding carboxylic acids is 1. The summed E-state index contributed by atoms with van der Waals surface area (Å²) in [5.41, 5.74) is 5.46. The molecule has 0 aliphatic carbocycles. The molecule has 0 bridgehead atoms. The number of furan rings is 1. The van der Waals surface area contributed by atoms with Gasteiger partial charge in [0.25, 0.3) is 0 Å². The lowest BCUT2D eigenvalue weighted by Gasteiger charge is -2.12. The molecule has 1 unspecified atom stereocenters. The highest BCUT2D eigenvalue weighted by Crippen LogP contribution is 2.01. The Morgan fingerprint density at radius 2 is 2.53 bits per heavy atom. The SMILES string of the molecule is CCC(CN)NC(=O)C=Cc1ccco1. The average Bonchev–Trinajstić information content (AvgIpc) is 2.75. The topological polar surface area (TPSA) is 68.3 Å². The average molecular weight is 208 g/mol. The molecule has 0 radical (unpaired) electrons. The van der Waals surface area contributed by atoms with Crippen LogP contribution in [0.1, 0.15) is 19.1 Å². The van der Waals surface area contributed by atoms with Gasteiger partial charge in [0.2, 0.25) is 5.91 Å². The van der Waals surface area contributed by atoms with Gasteiger partial charge in [-0.15, -0.1) is 0 Å². The van der Waals surface area contributed by atoms with E-state index < -0.39 is 0 Å². The third-order valence-corrected chi connectivity index (χ3v) is 2.07. The molecule has 0 saturated carbocycles. The Balaban J connectivity index is 2.42. The van der Waals surface area contributed by atoms with E-state index >= 15 is 0 Å². The Bertz CT molecular complexity index is 313. The second-order valence-corrected chi connectivity index (χ2v) is 3.20. The monoisotopic (exact) mass is 208 g/mol. The van der Waals surface area contributed by atoms with E-state index in [9.17, 15) is 4.79 Å². The third-order valence-electron chi connectivity index (χ3n) is 2.07.